The molecule has 3 aromatic heterocycles. The quantitative estimate of drug-likeness (QED) is 0.226. The van der Waals surface area contributed by atoms with Crippen molar-refractivity contribution in [2.24, 2.45) is 0 Å². The van der Waals surface area contributed by atoms with Gasteiger partial charge >= 0.3 is 0 Å². The molecule has 1 aliphatic rings. The van der Waals surface area contributed by atoms with Crippen molar-refractivity contribution in [3.8, 4) is 34.2 Å². The summed E-state index contributed by atoms with van der Waals surface area (Å²) < 4.78 is 13.4. The minimum absolute atomic E-state index is 0.0663. The molecule has 43 heavy (non-hydrogen) atoms. The van der Waals surface area contributed by atoms with Crippen LogP contribution < -0.4 is 26.1 Å². The number of nitrogens with one attached hydrogen (secondary N) is 2. The number of likely N-dealkylation sites (N-methyl/N-ethyl adjacent to an activating group) is 1. The van der Waals surface area contributed by atoms with Crippen LogP contribution in [0.4, 0.5) is 11.5 Å². The van der Waals surface area contributed by atoms with Gasteiger partial charge in [-0.2, -0.15) is 5.10 Å². The third-order valence-electron chi connectivity index (χ3n) is 6.51. The number of nitrogens with two attached hydrogens (primary N) is 1. The Balaban J connectivity index is 0.00000180. The minimum atomic E-state index is -0.380. The van der Waals surface area contributed by atoms with Gasteiger partial charge in [-0.25, -0.2) is 4.68 Å². The summed E-state index contributed by atoms with van der Waals surface area (Å²) in [6.45, 7) is 4.70. The van der Waals surface area contributed by atoms with Crippen LogP contribution in [-0.4, -0.2) is 51.2 Å². The van der Waals surface area contributed by atoms with Crippen molar-refractivity contribution in [1.29, 1.82) is 0 Å². The summed E-state index contributed by atoms with van der Waals surface area (Å²) in [6, 6.07) is 18.4. The van der Waals surface area contributed by atoms with Crippen LogP contribution in [-0.2, 0) is 11.4 Å². The maximum absolute atomic E-state index is 13.1. The van der Waals surface area contributed by atoms with E-state index in [-0.39, 0.29) is 29.3 Å². The number of benzene rings is 2. The van der Waals surface area contributed by atoms with Crippen LogP contribution in [0.25, 0.3) is 27.8 Å². The van der Waals surface area contributed by atoms with E-state index in [4.69, 9.17) is 20.3 Å². The molecule has 0 fully saturated rings. The summed E-state index contributed by atoms with van der Waals surface area (Å²) in [6.07, 6.45) is 4.81. The Labute approximate surface area is 248 Å². The van der Waals surface area contributed by atoms with Gasteiger partial charge in [0.25, 0.3) is 5.56 Å². The fourth-order valence-corrected chi connectivity index (χ4v) is 4.64. The van der Waals surface area contributed by atoms with Crippen molar-refractivity contribution >= 4 is 28.3 Å². The zero-order chi connectivity index (χ0) is 30.5. The van der Waals surface area contributed by atoms with Gasteiger partial charge < -0.3 is 30.4 Å². The summed E-state index contributed by atoms with van der Waals surface area (Å²) in [5.41, 5.74) is 9.15. The molecular weight excluding hydrogens is 546 g/mol. The molecule has 0 radical (unpaired) electrons. The van der Waals surface area contributed by atoms with E-state index in [1.165, 1.54) is 10.8 Å². The monoisotopic (exact) mass is 579 g/mol. The lowest BCUT2D eigenvalue weighted by molar-refractivity contribution is -0.111. The first kappa shape index (κ1) is 29.1. The first-order chi connectivity index (χ1) is 20.9. The van der Waals surface area contributed by atoms with E-state index in [2.05, 4.69) is 15.3 Å². The number of ether oxygens (including phenoxy) is 2. The molecule has 0 atom stereocenters. The fourth-order valence-electron chi connectivity index (χ4n) is 4.64. The lowest BCUT2D eigenvalue weighted by Crippen LogP contribution is -2.19. The molecule has 1 aliphatic heterocycles. The van der Waals surface area contributed by atoms with Gasteiger partial charge in [-0.1, -0.05) is 38.1 Å². The second kappa shape index (κ2) is 12.6. The number of rotatable bonds is 7. The lowest BCUT2D eigenvalue weighted by atomic mass is 10.0. The Morgan fingerprint density at radius 1 is 1.12 bits per heavy atom. The first-order valence-electron chi connectivity index (χ1n) is 13.9. The van der Waals surface area contributed by atoms with E-state index in [0.29, 0.717) is 51.9 Å². The van der Waals surface area contributed by atoms with Gasteiger partial charge in [-0.3, -0.25) is 14.6 Å². The number of fused-ring (bicyclic) bond motifs is 5. The van der Waals surface area contributed by atoms with Gasteiger partial charge in [0.1, 0.15) is 40.5 Å². The number of H-pyrrole nitrogens is 1. The predicted molar refractivity (Wildman–Crippen MR) is 168 cm³/mol. The normalized spacial score (nSPS) is 11.8. The molecule has 11 nitrogen and oxygen atoms in total. The van der Waals surface area contributed by atoms with E-state index in [9.17, 15) is 9.59 Å². The number of aromatic nitrogens is 4. The van der Waals surface area contributed by atoms with Crippen LogP contribution in [0.2, 0.25) is 0 Å². The molecule has 2 aromatic carbocycles. The number of amides is 1. The van der Waals surface area contributed by atoms with Gasteiger partial charge in [0.2, 0.25) is 5.91 Å². The first-order valence-corrected chi connectivity index (χ1v) is 13.9. The summed E-state index contributed by atoms with van der Waals surface area (Å²) in [7, 11) is 3.84. The summed E-state index contributed by atoms with van der Waals surface area (Å²) in [5, 5.41) is 7.84. The van der Waals surface area contributed by atoms with Crippen molar-refractivity contribution < 1.29 is 14.3 Å². The van der Waals surface area contributed by atoms with E-state index >= 15 is 0 Å². The van der Waals surface area contributed by atoms with E-state index < -0.39 is 0 Å². The Kier molecular flexibility index (Phi) is 8.54. The van der Waals surface area contributed by atoms with Crippen LogP contribution in [0.1, 0.15) is 19.5 Å². The molecule has 4 N–H and O–H groups in total. The molecule has 11 heteroatoms. The molecule has 0 bridgehead atoms. The van der Waals surface area contributed by atoms with Gasteiger partial charge in [-0.15, -0.1) is 0 Å². The SMILES string of the molecule is CC.CN(C)C/C=C/C(=O)Nc1ccnc2c1OCc1[nH]c(=O)c3c(N)n(-c4ccc(Oc5ccccc5)cc4)nc3c1-2. The topological polar surface area (TPSA) is 140 Å². The Bertz CT molecular complexity index is 1840. The molecule has 5 aromatic rings. The number of pyridine rings is 2. The van der Waals surface area contributed by atoms with Crippen molar-refractivity contribution in [2.75, 3.05) is 31.7 Å². The van der Waals surface area contributed by atoms with Crippen molar-refractivity contribution in [1.82, 2.24) is 24.6 Å². The largest absolute Gasteiger partial charge is 0.483 e. The van der Waals surface area contributed by atoms with Crippen LogP contribution in [0.5, 0.6) is 17.2 Å². The molecule has 0 saturated heterocycles. The predicted octanol–water partition coefficient (Wildman–Crippen LogP) is 5.13. The Hall–Kier alpha value is -5.42. The van der Waals surface area contributed by atoms with Crippen molar-refractivity contribution in [3.05, 3.63) is 95.1 Å². The van der Waals surface area contributed by atoms with E-state index in [0.717, 1.165) is 5.75 Å². The zero-order valence-corrected chi connectivity index (χ0v) is 24.4. The number of carbonyl (C=O) groups excluding carboxylic acids is 1. The summed E-state index contributed by atoms with van der Waals surface area (Å²) >= 11 is 0. The highest BCUT2D eigenvalue weighted by molar-refractivity contribution is 6.04. The molecule has 0 spiro atoms. The number of hydrogen-bond acceptors (Lipinski definition) is 8. The third-order valence-corrected chi connectivity index (χ3v) is 6.51. The Morgan fingerprint density at radius 3 is 2.56 bits per heavy atom. The standard InChI is InChI=1S/C30H27N7O4.C2H6/c1-36(2)16-6-9-23(38)33-21-14-15-32-27-24-22(17-40-28(21)27)34-30(39)25-26(24)35-37(29(25)31)18-10-12-20(13-11-18)41-19-7-4-3-5-8-19;1-2/h3-15H,16-17,31H2,1-2H3,(H,34,39)(H,32,33,38);1-2H3/b9-6+;. The van der Waals surface area contributed by atoms with Crippen LogP contribution in [0.15, 0.2) is 83.8 Å². The van der Waals surface area contributed by atoms with Gasteiger partial charge in [0.15, 0.2) is 5.75 Å². The number of hydrogen-bond donors (Lipinski definition) is 3. The second-order valence-electron chi connectivity index (χ2n) is 9.72. The van der Waals surface area contributed by atoms with Crippen LogP contribution in [0.3, 0.4) is 0 Å². The molecule has 0 saturated carbocycles. The molecule has 4 heterocycles. The molecular formula is C32H33N7O4. The van der Waals surface area contributed by atoms with Gasteiger partial charge in [0, 0.05) is 18.8 Å². The lowest BCUT2D eigenvalue weighted by Gasteiger charge is -2.22. The van der Waals surface area contributed by atoms with E-state index in [1.807, 2.05) is 75.3 Å². The highest BCUT2D eigenvalue weighted by Crippen LogP contribution is 2.43. The van der Waals surface area contributed by atoms with Crippen molar-refractivity contribution in [3.63, 3.8) is 0 Å². The highest BCUT2D eigenvalue weighted by atomic mass is 16.5. The van der Waals surface area contributed by atoms with Crippen molar-refractivity contribution in [2.45, 2.75) is 20.5 Å². The van der Waals surface area contributed by atoms with E-state index in [1.54, 1.807) is 30.5 Å². The van der Waals surface area contributed by atoms with Crippen LogP contribution in [0, 0.1) is 0 Å². The summed E-state index contributed by atoms with van der Waals surface area (Å²) in [4.78, 5) is 35.0. The van der Waals surface area contributed by atoms with Crippen LogP contribution >= 0.6 is 0 Å². The average molecular weight is 580 g/mol. The fraction of sp³-hybridized carbons (Fsp3) is 0.188. The number of aromatic amines is 1. The molecule has 220 valence electrons. The molecule has 0 unspecified atom stereocenters. The number of anilines is 2. The molecule has 6 rings (SSSR count). The third kappa shape index (κ3) is 5.97. The average Bonchev–Trinajstić information content (AvgIpc) is 3.36. The highest BCUT2D eigenvalue weighted by Gasteiger charge is 2.29. The maximum atomic E-state index is 13.1. The number of nitrogens with zero attached hydrogens (tertiary/aromatic N) is 4. The molecule has 1 amide bonds. The maximum Gasteiger partial charge on any atom is 0.261 e. The number of para-hydroxylation sites is 1. The molecule has 0 aliphatic carbocycles. The Morgan fingerprint density at radius 2 is 1.84 bits per heavy atom. The van der Waals surface area contributed by atoms with Gasteiger partial charge in [0.05, 0.1) is 22.6 Å². The van der Waals surface area contributed by atoms with Gasteiger partial charge in [-0.05, 0) is 56.6 Å². The minimum Gasteiger partial charge on any atom is -0.483 e. The summed E-state index contributed by atoms with van der Waals surface area (Å²) in [5.74, 6) is 1.64. The second-order valence-corrected chi connectivity index (χ2v) is 9.72. The number of carbonyl (C=O) groups is 1. The zero-order valence-electron chi connectivity index (χ0n) is 24.4. The number of nitrogen functional groups attached to an aromatic ring is 1. The smallest absolute Gasteiger partial charge is 0.261 e.